The largest absolute Gasteiger partial charge is 0.494 e. The SMILES string of the molecule is O=C1NC(=O)C(CN2Cc3cc(OCCC4CCCCC4)ccc3C2=O)(c2ccc(F)cc2)N1. The number of urea groups is 1. The molecule has 2 aromatic carbocycles. The minimum Gasteiger partial charge on any atom is -0.494 e. The third-order valence-corrected chi connectivity index (χ3v) is 7.18. The second kappa shape index (κ2) is 9.08. The summed E-state index contributed by atoms with van der Waals surface area (Å²) < 4.78 is 19.5. The molecule has 4 amide bonds. The Bertz CT molecular complexity index is 1110. The first-order chi connectivity index (χ1) is 16.4. The molecule has 0 spiro atoms. The molecule has 2 aliphatic heterocycles. The second-order valence-electron chi connectivity index (χ2n) is 9.44. The van der Waals surface area contributed by atoms with Gasteiger partial charge in [0.1, 0.15) is 11.6 Å². The Labute approximate surface area is 197 Å². The summed E-state index contributed by atoms with van der Waals surface area (Å²) in [6.45, 7) is 0.878. The number of nitrogens with one attached hydrogen (secondary N) is 2. The van der Waals surface area contributed by atoms with Gasteiger partial charge in [0, 0.05) is 12.1 Å². The van der Waals surface area contributed by atoms with Crippen molar-refractivity contribution in [3.8, 4) is 5.75 Å². The van der Waals surface area contributed by atoms with Crippen LogP contribution in [0.15, 0.2) is 42.5 Å². The number of rotatable bonds is 7. The molecule has 1 atom stereocenters. The maximum atomic E-state index is 13.5. The number of ether oxygens (including phenoxy) is 1. The lowest BCUT2D eigenvalue weighted by Crippen LogP contribution is -2.52. The summed E-state index contributed by atoms with van der Waals surface area (Å²) in [4.78, 5) is 39.5. The van der Waals surface area contributed by atoms with Crippen LogP contribution < -0.4 is 15.4 Å². The smallest absolute Gasteiger partial charge is 0.322 e. The first-order valence-electron chi connectivity index (χ1n) is 11.9. The minimum absolute atomic E-state index is 0.0679. The first-order valence-corrected chi connectivity index (χ1v) is 11.9. The van der Waals surface area contributed by atoms with E-state index >= 15 is 0 Å². The van der Waals surface area contributed by atoms with E-state index in [1.54, 1.807) is 12.1 Å². The Kier molecular flexibility index (Phi) is 5.98. The van der Waals surface area contributed by atoms with E-state index in [2.05, 4.69) is 10.6 Å². The number of nitrogens with zero attached hydrogens (tertiary/aromatic N) is 1. The van der Waals surface area contributed by atoms with Crippen LogP contribution in [0.25, 0.3) is 0 Å². The maximum absolute atomic E-state index is 13.5. The molecule has 34 heavy (non-hydrogen) atoms. The number of halogens is 1. The molecule has 0 bridgehead atoms. The van der Waals surface area contributed by atoms with Crippen molar-refractivity contribution in [1.82, 2.24) is 15.5 Å². The lowest BCUT2D eigenvalue weighted by atomic mass is 9.87. The molecule has 1 aliphatic carbocycles. The third-order valence-electron chi connectivity index (χ3n) is 7.18. The average molecular weight is 466 g/mol. The number of carbonyl (C=O) groups is 3. The van der Waals surface area contributed by atoms with Crippen LogP contribution in [0, 0.1) is 11.7 Å². The normalized spacial score (nSPS) is 22.5. The number of imide groups is 1. The summed E-state index contributed by atoms with van der Waals surface area (Å²) in [7, 11) is 0. The Morgan fingerprint density at radius 3 is 2.50 bits per heavy atom. The van der Waals surface area contributed by atoms with Crippen LogP contribution in [-0.2, 0) is 16.9 Å². The van der Waals surface area contributed by atoms with Gasteiger partial charge in [-0.1, -0.05) is 44.2 Å². The zero-order chi connectivity index (χ0) is 23.7. The van der Waals surface area contributed by atoms with E-state index in [1.165, 1.54) is 61.3 Å². The van der Waals surface area contributed by atoms with E-state index in [4.69, 9.17) is 4.74 Å². The van der Waals surface area contributed by atoms with Gasteiger partial charge in [-0.05, 0) is 53.8 Å². The molecule has 1 saturated carbocycles. The van der Waals surface area contributed by atoms with Gasteiger partial charge in [0.2, 0.25) is 0 Å². The number of hydrogen-bond donors (Lipinski definition) is 2. The van der Waals surface area contributed by atoms with Crippen molar-refractivity contribution in [1.29, 1.82) is 0 Å². The van der Waals surface area contributed by atoms with Crippen LogP contribution >= 0.6 is 0 Å². The molecule has 178 valence electrons. The molecule has 5 rings (SSSR count). The van der Waals surface area contributed by atoms with Crippen LogP contribution in [-0.4, -0.2) is 35.9 Å². The van der Waals surface area contributed by atoms with E-state index < -0.39 is 23.3 Å². The standard InChI is InChI=1S/C26H28FN3O4/c27-20-8-6-19(7-9-20)26(24(32)28-25(33)29-26)16-30-15-18-14-21(10-11-22(18)23(30)31)34-13-12-17-4-2-1-3-5-17/h6-11,14,17H,1-5,12-13,15-16H2,(H2,28,29,32,33). The number of amides is 4. The van der Waals surface area contributed by atoms with Gasteiger partial charge in [-0.3, -0.25) is 14.9 Å². The van der Waals surface area contributed by atoms with Crippen LogP contribution in [0.3, 0.4) is 0 Å². The van der Waals surface area contributed by atoms with Gasteiger partial charge in [-0.25, -0.2) is 9.18 Å². The van der Waals surface area contributed by atoms with Crippen LogP contribution in [0.1, 0.15) is 60.0 Å². The van der Waals surface area contributed by atoms with Gasteiger partial charge < -0.3 is 15.0 Å². The van der Waals surface area contributed by atoms with Gasteiger partial charge in [-0.15, -0.1) is 0 Å². The summed E-state index contributed by atoms with van der Waals surface area (Å²) in [6.07, 6.45) is 7.53. The zero-order valence-corrected chi connectivity index (χ0v) is 18.9. The van der Waals surface area contributed by atoms with Gasteiger partial charge in [0.05, 0.1) is 13.2 Å². The molecular formula is C26H28FN3O4. The van der Waals surface area contributed by atoms with Crippen molar-refractivity contribution in [3.63, 3.8) is 0 Å². The summed E-state index contributed by atoms with van der Waals surface area (Å²) >= 11 is 0. The Hall–Kier alpha value is -3.42. The summed E-state index contributed by atoms with van der Waals surface area (Å²) in [5.74, 6) is 0.211. The van der Waals surface area contributed by atoms with Crippen molar-refractivity contribution in [2.75, 3.05) is 13.2 Å². The third kappa shape index (κ3) is 4.24. The molecule has 0 aromatic heterocycles. The fraction of sp³-hybridized carbons (Fsp3) is 0.423. The number of benzene rings is 2. The number of hydrogen-bond acceptors (Lipinski definition) is 4. The average Bonchev–Trinajstić information content (AvgIpc) is 3.30. The first kappa shape index (κ1) is 22.4. The fourth-order valence-electron chi connectivity index (χ4n) is 5.31. The Morgan fingerprint density at radius 2 is 1.79 bits per heavy atom. The predicted octanol–water partition coefficient (Wildman–Crippen LogP) is 3.87. The molecule has 3 aliphatic rings. The molecule has 1 unspecified atom stereocenters. The topological polar surface area (TPSA) is 87.7 Å². The molecule has 2 aromatic rings. The monoisotopic (exact) mass is 465 g/mol. The molecule has 2 fully saturated rings. The minimum atomic E-state index is -1.48. The van der Waals surface area contributed by atoms with Crippen molar-refractivity contribution >= 4 is 17.8 Å². The lowest BCUT2D eigenvalue weighted by molar-refractivity contribution is -0.124. The molecule has 7 nitrogen and oxygen atoms in total. The zero-order valence-electron chi connectivity index (χ0n) is 18.9. The maximum Gasteiger partial charge on any atom is 0.322 e. The van der Waals surface area contributed by atoms with E-state index in [9.17, 15) is 18.8 Å². The highest BCUT2D eigenvalue weighted by atomic mass is 19.1. The van der Waals surface area contributed by atoms with E-state index in [-0.39, 0.29) is 12.5 Å². The molecular weight excluding hydrogens is 437 g/mol. The molecule has 1 saturated heterocycles. The highest BCUT2D eigenvalue weighted by Crippen LogP contribution is 2.33. The molecule has 2 N–H and O–H groups in total. The van der Waals surface area contributed by atoms with Crippen LogP contribution in [0.4, 0.5) is 9.18 Å². The summed E-state index contributed by atoms with van der Waals surface area (Å²) in [6, 6.07) is 10.2. The molecule has 2 heterocycles. The summed E-state index contributed by atoms with van der Waals surface area (Å²) in [5, 5.41) is 4.91. The highest BCUT2D eigenvalue weighted by Gasteiger charge is 2.50. The van der Waals surface area contributed by atoms with E-state index in [0.29, 0.717) is 24.3 Å². The number of carbonyl (C=O) groups excluding carboxylic acids is 3. The quantitative estimate of drug-likeness (QED) is 0.608. The van der Waals surface area contributed by atoms with E-state index in [1.807, 2.05) is 6.07 Å². The predicted molar refractivity (Wildman–Crippen MR) is 123 cm³/mol. The van der Waals surface area contributed by atoms with Gasteiger partial charge in [0.25, 0.3) is 11.8 Å². The van der Waals surface area contributed by atoms with Gasteiger partial charge in [-0.2, -0.15) is 0 Å². The van der Waals surface area contributed by atoms with Gasteiger partial charge in [0.15, 0.2) is 5.54 Å². The van der Waals surface area contributed by atoms with Crippen molar-refractivity contribution < 1.29 is 23.5 Å². The molecule has 8 heteroatoms. The lowest BCUT2D eigenvalue weighted by Gasteiger charge is -2.31. The van der Waals surface area contributed by atoms with Crippen molar-refractivity contribution in [2.45, 2.75) is 50.6 Å². The van der Waals surface area contributed by atoms with Crippen LogP contribution in [0.2, 0.25) is 0 Å². The van der Waals surface area contributed by atoms with Crippen molar-refractivity contribution in [2.24, 2.45) is 5.92 Å². The summed E-state index contributed by atoms with van der Waals surface area (Å²) in [5.41, 5.74) is 0.299. The highest BCUT2D eigenvalue weighted by molar-refractivity contribution is 6.08. The van der Waals surface area contributed by atoms with Crippen LogP contribution in [0.5, 0.6) is 5.75 Å². The second-order valence-corrected chi connectivity index (χ2v) is 9.44. The Morgan fingerprint density at radius 1 is 1.03 bits per heavy atom. The van der Waals surface area contributed by atoms with E-state index in [0.717, 1.165) is 23.7 Å². The number of fused-ring (bicyclic) bond motifs is 1. The van der Waals surface area contributed by atoms with Gasteiger partial charge >= 0.3 is 6.03 Å². The van der Waals surface area contributed by atoms with Crippen molar-refractivity contribution in [3.05, 3.63) is 65.0 Å². The fourth-order valence-corrected chi connectivity index (χ4v) is 5.31. The molecule has 0 radical (unpaired) electrons. The Balaban J connectivity index is 1.30.